The van der Waals surface area contributed by atoms with Crippen molar-refractivity contribution >= 4 is 17.7 Å². The van der Waals surface area contributed by atoms with Gasteiger partial charge in [0.25, 0.3) is 0 Å². The number of hydrogen-bond acceptors (Lipinski definition) is 5. The van der Waals surface area contributed by atoms with Crippen LogP contribution in [0.15, 0.2) is 34.2 Å². The van der Waals surface area contributed by atoms with Crippen molar-refractivity contribution in [3.05, 3.63) is 41.7 Å². The number of aryl methyl sites for hydroxylation is 1. The maximum Gasteiger partial charge on any atom is 0.191 e. The first-order chi connectivity index (χ1) is 14.1. The Hall–Kier alpha value is -2.13. The van der Waals surface area contributed by atoms with E-state index in [4.69, 9.17) is 4.74 Å². The van der Waals surface area contributed by atoms with Crippen LogP contribution < -0.4 is 10.6 Å². The monoisotopic (exact) mass is 422 g/mol. The van der Waals surface area contributed by atoms with Gasteiger partial charge in [0.1, 0.15) is 18.2 Å². The molecule has 0 saturated carbocycles. The Morgan fingerprint density at radius 1 is 1.17 bits per heavy atom. The predicted octanol–water partition coefficient (Wildman–Crippen LogP) is 2.91. The van der Waals surface area contributed by atoms with Crippen LogP contribution in [0.25, 0.3) is 0 Å². The summed E-state index contributed by atoms with van der Waals surface area (Å²) >= 11 is 1.72. The zero-order valence-corrected chi connectivity index (χ0v) is 18.3. The zero-order chi connectivity index (χ0) is 20.9. The molecule has 160 valence electrons. The van der Waals surface area contributed by atoms with Crippen molar-refractivity contribution in [1.82, 2.24) is 25.4 Å². The van der Waals surface area contributed by atoms with Crippen molar-refractivity contribution < 1.29 is 9.13 Å². The van der Waals surface area contributed by atoms with Gasteiger partial charge >= 0.3 is 0 Å². The maximum absolute atomic E-state index is 13.0. The Kier molecular flexibility index (Phi) is 10.5. The SMILES string of the molecule is CCOCCCNC(=NCc1nnc(C)n1C)NCCCSc1ccc(F)cc1. The van der Waals surface area contributed by atoms with E-state index < -0.39 is 0 Å². The minimum atomic E-state index is -0.203. The molecule has 0 saturated heterocycles. The van der Waals surface area contributed by atoms with Crippen molar-refractivity contribution in [3.63, 3.8) is 0 Å². The number of nitrogens with zero attached hydrogens (tertiary/aromatic N) is 4. The van der Waals surface area contributed by atoms with E-state index in [0.717, 1.165) is 67.4 Å². The molecule has 29 heavy (non-hydrogen) atoms. The number of rotatable bonds is 12. The Labute approximate surface area is 176 Å². The summed E-state index contributed by atoms with van der Waals surface area (Å²) in [6.07, 6.45) is 1.88. The quantitative estimate of drug-likeness (QED) is 0.237. The molecular weight excluding hydrogens is 391 g/mol. The largest absolute Gasteiger partial charge is 0.382 e. The summed E-state index contributed by atoms with van der Waals surface area (Å²) < 4.78 is 20.3. The zero-order valence-electron chi connectivity index (χ0n) is 17.4. The molecule has 0 bridgehead atoms. The summed E-state index contributed by atoms with van der Waals surface area (Å²) in [6.45, 7) is 7.42. The van der Waals surface area contributed by atoms with Gasteiger partial charge < -0.3 is 19.9 Å². The molecule has 0 spiro atoms. The van der Waals surface area contributed by atoms with Gasteiger partial charge in [-0.05, 0) is 56.7 Å². The van der Waals surface area contributed by atoms with Gasteiger partial charge in [-0.3, -0.25) is 0 Å². The lowest BCUT2D eigenvalue weighted by molar-refractivity contribution is 0.145. The molecule has 0 aliphatic heterocycles. The number of hydrogen-bond donors (Lipinski definition) is 2. The summed E-state index contributed by atoms with van der Waals surface area (Å²) in [4.78, 5) is 5.71. The third kappa shape index (κ3) is 8.82. The van der Waals surface area contributed by atoms with E-state index in [-0.39, 0.29) is 5.82 Å². The average molecular weight is 423 g/mol. The second kappa shape index (κ2) is 13.2. The summed E-state index contributed by atoms with van der Waals surface area (Å²) in [6, 6.07) is 6.60. The van der Waals surface area contributed by atoms with E-state index in [1.807, 2.05) is 37.6 Å². The van der Waals surface area contributed by atoms with Gasteiger partial charge in [-0.15, -0.1) is 22.0 Å². The minimum Gasteiger partial charge on any atom is -0.382 e. The molecule has 1 heterocycles. The first-order valence-corrected chi connectivity index (χ1v) is 10.9. The van der Waals surface area contributed by atoms with Gasteiger partial charge in [-0.1, -0.05) is 0 Å². The molecule has 1 aromatic carbocycles. The van der Waals surface area contributed by atoms with E-state index >= 15 is 0 Å². The number of halogens is 1. The highest BCUT2D eigenvalue weighted by atomic mass is 32.2. The highest BCUT2D eigenvalue weighted by molar-refractivity contribution is 7.99. The fourth-order valence-corrected chi connectivity index (χ4v) is 3.29. The van der Waals surface area contributed by atoms with Gasteiger partial charge in [0.05, 0.1) is 0 Å². The molecule has 0 atom stereocenters. The first kappa shape index (κ1) is 23.2. The molecule has 0 aliphatic rings. The molecule has 2 N–H and O–H groups in total. The molecule has 2 aromatic rings. The topological polar surface area (TPSA) is 76.4 Å². The summed E-state index contributed by atoms with van der Waals surface area (Å²) in [5.41, 5.74) is 0. The number of aromatic nitrogens is 3. The van der Waals surface area contributed by atoms with Crippen molar-refractivity contribution in [2.75, 3.05) is 32.1 Å². The highest BCUT2D eigenvalue weighted by Gasteiger charge is 2.05. The normalized spacial score (nSPS) is 11.7. The number of nitrogens with one attached hydrogen (secondary N) is 2. The van der Waals surface area contributed by atoms with E-state index in [0.29, 0.717) is 6.54 Å². The Bertz CT molecular complexity index is 750. The van der Waals surface area contributed by atoms with Crippen molar-refractivity contribution in [2.45, 2.75) is 38.1 Å². The Balaban J connectivity index is 1.77. The number of aliphatic imine (C=N–C) groups is 1. The molecule has 1 aromatic heterocycles. The molecule has 0 aliphatic carbocycles. The lowest BCUT2D eigenvalue weighted by atomic mass is 10.4. The third-order valence-electron chi connectivity index (χ3n) is 4.22. The van der Waals surface area contributed by atoms with Crippen LogP contribution in [-0.4, -0.2) is 52.8 Å². The van der Waals surface area contributed by atoms with Gasteiger partial charge in [0.15, 0.2) is 11.8 Å². The fraction of sp³-hybridized carbons (Fsp3) is 0.550. The second-order valence-corrected chi connectivity index (χ2v) is 7.62. The summed E-state index contributed by atoms with van der Waals surface area (Å²) in [7, 11) is 1.94. The summed E-state index contributed by atoms with van der Waals surface area (Å²) in [5.74, 6) is 3.19. The van der Waals surface area contributed by atoms with Crippen LogP contribution in [0.3, 0.4) is 0 Å². The smallest absolute Gasteiger partial charge is 0.191 e. The van der Waals surface area contributed by atoms with Crippen LogP contribution in [-0.2, 0) is 18.3 Å². The number of ether oxygens (including phenoxy) is 1. The second-order valence-electron chi connectivity index (χ2n) is 6.45. The highest BCUT2D eigenvalue weighted by Crippen LogP contribution is 2.18. The Morgan fingerprint density at radius 2 is 1.90 bits per heavy atom. The lowest BCUT2D eigenvalue weighted by Crippen LogP contribution is -2.39. The number of benzene rings is 1. The van der Waals surface area contributed by atoms with Crippen molar-refractivity contribution in [2.24, 2.45) is 12.0 Å². The molecule has 9 heteroatoms. The molecule has 0 fully saturated rings. The van der Waals surface area contributed by atoms with E-state index in [1.165, 1.54) is 12.1 Å². The van der Waals surface area contributed by atoms with Crippen LogP contribution in [0.4, 0.5) is 4.39 Å². The van der Waals surface area contributed by atoms with Gasteiger partial charge in [0, 0.05) is 38.2 Å². The van der Waals surface area contributed by atoms with Crippen LogP contribution >= 0.6 is 11.8 Å². The van der Waals surface area contributed by atoms with Crippen molar-refractivity contribution in [1.29, 1.82) is 0 Å². The van der Waals surface area contributed by atoms with Crippen LogP contribution in [0.2, 0.25) is 0 Å². The molecular formula is C20H31FN6OS. The molecule has 2 rings (SSSR count). The van der Waals surface area contributed by atoms with E-state index in [9.17, 15) is 4.39 Å². The van der Waals surface area contributed by atoms with Crippen LogP contribution in [0.5, 0.6) is 0 Å². The van der Waals surface area contributed by atoms with Crippen LogP contribution in [0, 0.1) is 12.7 Å². The lowest BCUT2D eigenvalue weighted by Gasteiger charge is -2.12. The maximum atomic E-state index is 13.0. The molecule has 7 nitrogen and oxygen atoms in total. The first-order valence-electron chi connectivity index (χ1n) is 9.93. The van der Waals surface area contributed by atoms with Gasteiger partial charge in [0.2, 0.25) is 0 Å². The summed E-state index contributed by atoms with van der Waals surface area (Å²) in [5, 5.41) is 14.9. The Morgan fingerprint density at radius 3 is 2.55 bits per heavy atom. The molecule has 0 amide bonds. The standard InChI is InChI=1S/C20H31FN6OS/c1-4-28-13-5-11-22-20(24-15-19-26-25-16(2)27(19)3)23-12-6-14-29-18-9-7-17(21)8-10-18/h7-10H,4-6,11-15H2,1-3H3,(H2,22,23,24). The fourth-order valence-electron chi connectivity index (χ4n) is 2.44. The molecule has 0 radical (unpaired) electrons. The number of guanidine groups is 1. The van der Waals surface area contributed by atoms with Crippen LogP contribution in [0.1, 0.15) is 31.4 Å². The minimum absolute atomic E-state index is 0.203. The van der Waals surface area contributed by atoms with Gasteiger partial charge in [-0.2, -0.15) is 0 Å². The average Bonchev–Trinajstić information content (AvgIpc) is 3.04. The predicted molar refractivity (Wildman–Crippen MR) is 116 cm³/mol. The molecule has 0 unspecified atom stereocenters. The van der Waals surface area contributed by atoms with E-state index in [2.05, 4.69) is 25.8 Å². The number of thioether (sulfide) groups is 1. The van der Waals surface area contributed by atoms with Gasteiger partial charge in [-0.25, -0.2) is 9.38 Å². The van der Waals surface area contributed by atoms with E-state index in [1.54, 1.807) is 11.8 Å². The van der Waals surface area contributed by atoms with Crippen molar-refractivity contribution in [3.8, 4) is 0 Å². The third-order valence-corrected chi connectivity index (χ3v) is 5.32.